The average Bonchev–Trinajstić information content (AvgIpc) is 2.49. The topological polar surface area (TPSA) is 33.0 Å². The molecule has 0 saturated carbocycles. The Hall–Kier alpha value is -2.16. The minimum atomic E-state index is -0.00911. The molecule has 0 aliphatic heterocycles. The van der Waals surface area contributed by atoms with Gasteiger partial charge in [-0.15, -0.1) is 0 Å². The maximum absolute atomic E-state index is 12.0. The highest BCUT2D eigenvalue weighted by Crippen LogP contribution is 2.11. The van der Waals surface area contributed by atoms with Crippen LogP contribution >= 0.6 is 0 Å². The van der Waals surface area contributed by atoms with E-state index in [9.17, 15) is 4.79 Å². The van der Waals surface area contributed by atoms with Gasteiger partial charge in [0.2, 0.25) is 6.54 Å². The first-order valence-corrected chi connectivity index (χ1v) is 7.52. The summed E-state index contributed by atoms with van der Waals surface area (Å²) in [7, 11) is 0. The van der Waals surface area contributed by atoms with Crippen LogP contribution in [0.1, 0.15) is 30.9 Å². The van der Waals surface area contributed by atoms with Crippen molar-refractivity contribution in [3.05, 3.63) is 59.9 Å². The molecule has 2 aromatic rings. The summed E-state index contributed by atoms with van der Waals surface area (Å²) >= 11 is 0. The Balaban J connectivity index is 1.88. The van der Waals surface area contributed by atoms with E-state index in [0.717, 1.165) is 12.1 Å². The Kier molecular flexibility index (Phi) is 5.50. The minimum Gasteiger partial charge on any atom is -0.321 e. The normalized spacial score (nSPS) is 10.4. The van der Waals surface area contributed by atoms with E-state index in [2.05, 4.69) is 24.4 Å². The van der Waals surface area contributed by atoms with Crippen LogP contribution in [0.2, 0.25) is 0 Å². The number of nitrogens with one attached hydrogen (secondary N) is 1. The minimum absolute atomic E-state index is 0.00911. The zero-order chi connectivity index (χ0) is 15.1. The van der Waals surface area contributed by atoms with Crippen molar-refractivity contribution in [3.8, 4) is 0 Å². The fraction of sp³-hybridized carbons (Fsp3) is 0.333. The van der Waals surface area contributed by atoms with Gasteiger partial charge in [0.25, 0.3) is 5.91 Å². The SMILES string of the molecule is CCCCc1ccc(NC(=O)C[n+]2ccc(C)cc2)cc1. The summed E-state index contributed by atoms with van der Waals surface area (Å²) in [6, 6.07) is 12.1. The highest BCUT2D eigenvalue weighted by Gasteiger charge is 2.09. The van der Waals surface area contributed by atoms with Crippen molar-refractivity contribution in [2.24, 2.45) is 0 Å². The van der Waals surface area contributed by atoms with Gasteiger partial charge in [0.05, 0.1) is 0 Å². The van der Waals surface area contributed by atoms with Crippen molar-refractivity contribution in [3.63, 3.8) is 0 Å². The Labute approximate surface area is 126 Å². The Bertz CT molecular complexity index is 573. The molecular formula is C18H23N2O+. The van der Waals surface area contributed by atoms with Gasteiger partial charge in [0, 0.05) is 17.8 Å². The molecule has 0 atom stereocenters. The number of hydrogen-bond donors (Lipinski definition) is 1. The average molecular weight is 283 g/mol. The number of aryl methyl sites for hydroxylation is 2. The molecule has 1 aromatic carbocycles. The molecule has 21 heavy (non-hydrogen) atoms. The quantitative estimate of drug-likeness (QED) is 0.811. The highest BCUT2D eigenvalue weighted by molar-refractivity contribution is 5.89. The summed E-state index contributed by atoms with van der Waals surface area (Å²) in [6.45, 7) is 4.56. The van der Waals surface area contributed by atoms with Crippen molar-refractivity contribution < 1.29 is 9.36 Å². The molecule has 1 aromatic heterocycles. The Morgan fingerprint density at radius 2 is 1.76 bits per heavy atom. The van der Waals surface area contributed by atoms with Crippen molar-refractivity contribution in [2.45, 2.75) is 39.7 Å². The Morgan fingerprint density at radius 3 is 2.38 bits per heavy atom. The third-order valence-electron chi connectivity index (χ3n) is 3.44. The van der Waals surface area contributed by atoms with Gasteiger partial charge in [-0.2, -0.15) is 4.57 Å². The molecule has 1 amide bonds. The second-order valence-electron chi connectivity index (χ2n) is 5.40. The number of carbonyl (C=O) groups excluding carboxylic acids is 1. The molecule has 0 unspecified atom stereocenters. The molecule has 110 valence electrons. The predicted octanol–water partition coefficient (Wildman–Crippen LogP) is 3.26. The van der Waals surface area contributed by atoms with E-state index < -0.39 is 0 Å². The van der Waals surface area contributed by atoms with E-state index in [1.54, 1.807) is 0 Å². The van der Waals surface area contributed by atoms with Gasteiger partial charge in [0.15, 0.2) is 12.4 Å². The van der Waals surface area contributed by atoms with E-state index >= 15 is 0 Å². The number of carbonyl (C=O) groups is 1. The van der Waals surface area contributed by atoms with Crippen LogP contribution in [0.5, 0.6) is 0 Å². The number of benzene rings is 1. The molecule has 3 heteroatoms. The highest BCUT2D eigenvalue weighted by atomic mass is 16.1. The molecule has 0 bridgehead atoms. The lowest BCUT2D eigenvalue weighted by atomic mass is 10.1. The molecule has 0 aliphatic rings. The number of rotatable bonds is 6. The van der Waals surface area contributed by atoms with Gasteiger partial charge >= 0.3 is 0 Å². The third-order valence-corrected chi connectivity index (χ3v) is 3.44. The van der Waals surface area contributed by atoms with E-state index in [4.69, 9.17) is 0 Å². The smallest absolute Gasteiger partial charge is 0.290 e. The van der Waals surface area contributed by atoms with Crippen molar-refractivity contribution in [1.29, 1.82) is 0 Å². The zero-order valence-electron chi connectivity index (χ0n) is 12.8. The summed E-state index contributed by atoms with van der Waals surface area (Å²) in [4.78, 5) is 12.0. The standard InChI is InChI=1S/C18H22N2O/c1-3-4-5-16-6-8-17(9-7-16)19-18(21)14-20-12-10-15(2)11-13-20/h6-13H,3-5,14H2,1-2H3/p+1. The summed E-state index contributed by atoms with van der Waals surface area (Å²) in [5.74, 6) is -0.00911. The second kappa shape index (κ2) is 7.58. The number of nitrogens with zero attached hydrogens (tertiary/aromatic N) is 1. The molecule has 0 radical (unpaired) electrons. The number of aromatic nitrogens is 1. The summed E-state index contributed by atoms with van der Waals surface area (Å²) in [5.41, 5.74) is 3.37. The maximum Gasteiger partial charge on any atom is 0.290 e. The van der Waals surface area contributed by atoms with Crippen LogP contribution in [-0.4, -0.2) is 5.91 Å². The van der Waals surface area contributed by atoms with Crippen LogP contribution in [0.3, 0.4) is 0 Å². The second-order valence-corrected chi connectivity index (χ2v) is 5.40. The van der Waals surface area contributed by atoms with Gasteiger partial charge in [-0.05, 0) is 43.0 Å². The number of anilines is 1. The van der Waals surface area contributed by atoms with Crippen molar-refractivity contribution in [1.82, 2.24) is 0 Å². The first kappa shape index (κ1) is 15.2. The molecule has 0 fully saturated rings. The van der Waals surface area contributed by atoms with Crippen LogP contribution in [0.4, 0.5) is 5.69 Å². The van der Waals surface area contributed by atoms with Crippen LogP contribution < -0.4 is 9.88 Å². The third kappa shape index (κ3) is 5.03. The maximum atomic E-state index is 12.0. The van der Waals surface area contributed by atoms with Gasteiger partial charge < -0.3 is 5.32 Å². The number of amides is 1. The van der Waals surface area contributed by atoms with Crippen LogP contribution in [0, 0.1) is 6.92 Å². The first-order valence-electron chi connectivity index (χ1n) is 7.52. The van der Waals surface area contributed by atoms with Crippen LogP contribution in [0.25, 0.3) is 0 Å². The van der Waals surface area contributed by atoms with E-state index in [-0.39, 0.29) is 5.91 Å². The molecule has 0 saturated heterocycles. The molecule has 2 rings (SSSR count). The van der Waals surface area contributed by atoms with Crippen molar-refractivity contribution in [2.75, 3.05) is 5.32 Å². The van der Waals surface area contributed by atoms with Gasteiger partial charge in [-0.3, -0.25) is 4.79 Å². The molecule has 0 aliphatic carbocycles. The van der Waals surface area contributed by atoms with Gasteiger partial charge in [-0.25, -0.2) is 0 Å². The summed E-state index contributed by atoms with van der Waals surface area (Å²) in [5, 5.41) is 2.93. The lowest BCUT2D eigenvalue weighted by Gasteiger charge is -2.05. The fourth-order valence-electron chi connectivity index (χ4n) is 2.14. The predicted molar refractivity (Wildman–Crippen MR) is 85.1 cm³/mol. The molecule has 0 spiro atoms. The van der Waals surface area contributed by atoms with Gasteiger partial charge in [0.1, 0.15) is 0 Å². The number of hydrogen-bond acceptors (Lipinski definition) is 1. The molecular weight excluding hydrogens is 260 g/mol. The fourth-order valence-corrected chi connectivity index (χ4v) is 2.14. The molecule has 1 heterocycles. The first-order chi connectivity index (χ1) is 10.2. The summed E-state index contributed by atoms with van der Waals surface area (Å²) in [6.07, 6.45) is 7.34. The zero-order valence-corrected chi connectivity index (χ0v) is 12.8. The van der Waals surface area contributed by atoms with E-state index in [1.165, 1.54) is 24.0 Å². The van der Waals surface area contributed by atoms with Crippen LogP contribution in [-0.2, 0) is 17.8 Å². The van der Waals surface area contributed by atoms with Gasteiger partial charge in [-0.1, -0.05) is 25.5 Å². The van der Waals surface area contributed by atoms with E-state index in [0.29, 0.717) is 6.54 Å². The van der Waals surface area contributed by atoms with Crippen molar-refractivity contribution >= 4 is 11.6 Å². The lowest BCUT2D eigenvalue weighted by Crippen LogP contribution is -2.39. The Morgan fingerprint density at radius 1 is 1.10 bits per heavy atom. The van der Waals surface area contributed by atoms with E-state index in [1.807, 2.05) is 48.1 Å². The molecule has 1 N–H and O–H groups in total. The number of pyridine rings is 1. The molecule has 3 nitrogen and oxygen atoms in total. The largest absolute Gasteiger partial charge is 0.321 e. The van der Waals surface area contributed by atoms with Crippen LogP contribution in [0.15, 0.2) is 48.8 Å². The summed E-state index contributed by atoms with van der Waals surface area (Å²) < 4.78 is 1.87. The monoisotopic (exact) mass is 283 g/mol. The lowest BCUT2D eigenvalue weighted by molar-refractivity contribution is -0.684. The number of unbranched alkanes of at least 4 members (excludes halogenated alkanes) is 1.